The third-order valence-corrected chi connectivity index (χ3v) is 1.25. The Kier molecular flexibility index (Phi) is 4.44. The maximum Gasteiger partial charge on any atom is 0.390 e. The summed E-state index contributed by atoms with van der Waals surface area (Å²) < 4.78 is 39.7. The van der Waals surface area contributed by atoms with Gasteiger partial charge >= 0.3 is 6.18 Å². The van der Waals surface area contributed by atoms with Crippen molar-refractivity contribution in [1.29, 1.82) is 0 Å². The Morgan fingerprint density at radius 2 is 2.00 bits per heavy atom. The molecular weight excluding hydrogens is 159 g/mol. The summed E-state index contributed by atoms with van der Waals surface area (Å²) in [5.74, 6) is 0. The molecule has 11 heavy (non-hydrogen) atoms. The molecular formula is C6H12F3NO. The molecule has 2 nitrogen and oxygen atoms in total. The predicted molar refractivity (Wildman–Crippen MR) is 35.4 cm³/mol. The first kappa shape index (κ1) is 10.7. The van der Waals surface area contributed by atoms with E-state index in [2.05, 4.69) is 10.1 Å². The van der Waals surface area contributed by atoms with Crippen LogP contribution in [0.4, 0.5) is 13.2 Å². The smallest absolute Gasteiger partial charge is 0.383 e. The Morgan fingerprint density at radius 3 is 2.27 bits per heavy atom. The molecule has 0 spiro atoms. The molecule has 0 aliphatic carbocycles. The van der Waals surface area contributed by atoms with E-state index in [1.165, 1.54) is 14.2 Å². The number of nitrogens with one attached hydrogen (secondary N) is 1. The first-order chi connectivity index (χ1) is 4.99. The minimum absolute atomic E-state index is 0.0794. The van der Waals surface area contributed by atoms with Gasteiger partial charge in [0.15, 0.2) is 0 Å². The van der Waals surface area contributed by atoms with Gasteiger partial charge in [0.2, 0.25) is 0 Å². The molecule has 0 aliphatic heterocycles. The minimum atomic E-state index is -4.12. The number of ether oxygens (including phenoxy) is 1. The molecule has 1 N–H and O–H groups in total. The van der Waals surface area contributed by atoms with E-state index in [4.69, 9.17) is 0 Å². The highest BCUT2D eigenvalue weighted by Gasteiger charge is 2.30. The van der Waals surface area contributed by atoms with Crippen molar-refractivity contribution < 1.29 is 17.9 Å². The van der Waals surface area contributed by atoms with Gasteiger partial charge in [0.25, 0.3) is 0 Å². The van der Waals surface area contributed by atoms with Gasteiger partial charge in [0.05, 0.1) is 13.0 Å². The molecule has 0 saturated carbocycles. The summed E-state index contributed by atoms with van der Waals surface area (Å²) in [6.45, 7) is 0.0794. The van der Waals surface area contributed by atoms with Gasteiger partial charge in [-0.3, -0.25) is 0 Å². The molecule has 0 saturated heterocycles. The average molecular weight is 171 g/mol. The zero-order valence-electron chi connectivity index (χ0n) is 6.53. The topological polar surface area (TPSA) is 21.3 Å². The van der Waals surface area contributed by atoms with Gasteiger partial charge in [-0.15, -0.1) is 0 Å². The van der Waals surface area contributed by atoms with Gasteiger partial charge in [-0.1, -0.05) is 0 Å². The molecule has 0 rings (SSSR count). The predicted octanol–water partition coefficient (Wildman–Crippen LogP) is 1.17. The van der Waals surface area contributed by atoms with Gasteiger partial charge < -0.3 is 10.1 Å². The molecule has 0 amide bonds. The summed E-state index contributed by atoms with van der Waals surface area (Å²) in [4.78, 5) is 0. The first-order valence-corrected chi connectivity index (χ1v) is 3.22. The van der Waals surface area contributed by atoms with Crippen molar-refractivity contribution in [2.45, 2.75) is 18.6 Å². The Balaban J connectivity index is 3.68. The number of rotatable bonds is 4. The van der Waals surface area contributed by atoms with Crippen molar-refractivity contribution in [1.82, 2.24) is 5.32 Å². The van der Waals surface area contributed by atoms with Crippen LogP contribution >= 0.6 is 0 Å². The third kappa shape index (κ3) is 6.12. The van der Waals surface area contributed by atoms with Crippen LogP contribution in [-0.2, 0) is 4.74 Å². The van der Waals surface area contributed by atoms with Crippen LogP contribution in [0.15, 0.2) is 0 Å². The number of halogens is 3. The largest absolute Gasteiger partial charge is 0.390 e. The lowest BCUT2D eigenvalue weighted by molar-refractivity contribution is -0.142. The fourth-order valence-electron chi connectivity index (χ4n) is 0.725. The summed E-state index contributed by atoms with van der Waals surface area (Å²) in [5.41, 5.74) is 0. The Morgan fingerprint density at radius 1 is 1.45 bits per heavy atom. The van der Waals surface area contributed by atoms with E-state index in [0.717, 1.165) is 0 Å². The van der Waals surface area contributed by atoms with Crippen LogP contribution in [0, 0.1) is 0 Å². The Labute approximate surface area is 63.7 Å². The van der Waals surface area contributed by atoms with E-state index in [1.807, 2.05) is 0 Å². The quantitative estimate of drug-likeness (QED) is 0.685. The van der Waals surface area contributed by atoms with Crippen molar-refractivity contribution in [3.8, 4) is 0 Å². The number of likely N-dealkylation sites (N-methyl/N-ethyl adjacent to an activating group) is 1. The second-order valence-corrected chi connectivity index (χ2v) is 2.26. The molecule has 0 fully saturated rings. The van der Waals surface area contributed by atoms with Crippen molar-refractivity contribution >= 4 is 0 Å². The molecule has 0 aromatic heterocycles. The molecule has 5 heteroatoms. The Bertz CT molecular complexity index is 104. The minimum Gasteiger partial charge on any atom is -0.383 e. The number of hydrogen-bond donors (Lipinski definition) is 1. The van der Waals surface area contributed by atoms with Gasteiger partial charge in [-0.2, -0.15) is 13.2 Å². The van der Waals surface area contributed by atoms with Crippen LogP contribution in [0.25, 0.3) is 0 Å². The van der Waals surface area contributed by atoms with E-state index in [0.29, 0.717) is 0 Å². The highest BCUT2D eigenvalue weighted by molar-refractivity contribution is 4.67. The lowest BCUT2D eigenvalue weighted by atomic mass is 10.2. The van der Waals surface area contributed by atoms with Crippen LogP contribution < -0.4 is 5.32 Å². The molecule has 0 aliphatic rings. The third-order valence-electron chi connectivity index (χ3n) is 1.25. The summed E-state index contributed by atoms with van der Waals surface area (Å²) >= 11 is 0. The van der Waals surface area contributed by atoms with Crippen LogP contribution in [0.1, 0.15) is 6.42 Å². The highest BCUT2D eigenvalue weighted by atomic mass is 19.4. The lowest BCUT2D eigenvalue weighted by Gasteiger charge is -2.16. The molecule has 68 valence electrons. The van der Waals surface area contributed by atoms with Crippen molar-refractivity contribution in [2.75, 3.05) is 20.8 Å². The van der Waals surface area contributed by atoms with Gasteiger partial charge in [0, 0.05) is 13.2 Å². The van der Waals surface area contributed by atoms with Crippen LogP contribution in [0.3, 0.4) is 0 Å². The van der Waals surface area contributed by atoms with Crippen LogP contribution in [0.2, 0.25) is 0 Å². The highest BCUT2D eigenvalue weighted by Crippen LogP contribution is 2.21. The standard InChI is InChI=1S/C6H12F3NO/c1-10-5(4-11-2)3-6(7,8)9/h5,10H,3-4H2,1-2H3. The first-order valence-electron chi connectivity index (χ1n) is 3.22. The fourth-order valence-corrected chi connectivity index (χ4v) is 0.725. The SMILES string of the molecule is CNC(COC)CC(F)(F)F. The molecule has 0 heterocycles. The molecule has 0 bridgehead atoms. The van der Waals surface area contributed by atoms with Crippen molar-refractivity contribution in [3.05, 3.63) is 0 Å². The van der Waals surface area contributed by atoms with E-state index in [1.54, 1.807) is 0 Å². The molecule has 0 radical (unpaired) electrons. The summed E-state index contributed by atoms with van der Waals surface area (Å²) in [6.07, 6.45) is -4.97. The van der Waals surface area contributed by atoms with Gasteiger partial charge in [-0.05, 0) is 7.05 Å². The second-order valence-electron chi connectivity index (χ2n) is 2.26. The lowest BCUT2D eigenvalue weighted by Crippen LogP contribution is -2.34. The normalized spacial score (nSPS) is 15.0. The van der Waals surface area contributed by atoms with Crippen LogP contribution in [0.5, 0.6) is 0 Å². The maximum absolute atomic E-state index is 11.7. The van der Waals surface area contributed by atoms with Crippen molar-refractivity contribution in [2.24, 2.45) is 0 Å². The zero-order chi connectivity index (χ0) is 8.91. The summed E-state index contributed by atoms with van der Waals surface area (Å²) in [5, 5.41) is 2.51. The van der Waals surface area contributed by atoms with E-state index >= 15 is 0 Å². The second kappa shape index (κ2) is 4.56. The monoisotopic (exact) mass is 171 g/mol. The van der Waals surface area contributed by atoms with E-state index < -0.39 is 18.6 Å². The zero-order valence-corrected chi connectivity index (χ0v) is 6.53. The summed E-state index contributed by atoms with van der Waals surface area (Å²) in [7, 11) is 2.86. The molecule has 1 atom stereocenters. The Hall–Kier alpha value is -0.290. The fraction of sp³-hybridized carbons (Fsp3) is 1.00. The average Bonchev–Trinajstić information content (AvgIpc) is 1.84. The molecule has 0 aromatic rings. The van der Waals surface area contributed by atoms with Gasteiger partial charge in [0.1, 0.15) is 0 Å². The number of hydrogen-bond acceptors (Lipinski definition) is 2. The van der Waals surface area contributed by atoms with Crippen LogP contribution in [-0.4, -0.2) is 33.0 Å². The number of methoxy groups -OCH3 is 1. The number of alkyl halides is 3. The molecule has 1 unspecified atom stereocenters. The summed E-state index contributed by atoms with van der Waals surface area (Å²) in [6, 6.07) is -0.639. The van der Waals surface area contributed by atoms with Gasteiger partial charge in [-0.25, -0.2) is 0 Å². The van der Waals surface area contributed by atoms with E-state index in [-0.39, 0.29) is 6.61 Å². The molecule has 0 aromatic carbocycles. The maximum atomic E-state index is 11.7. The van der Waals surface area contributed by atoms with E-state index in [9.17, 15) is 13.2 Å². The van der Waals surface area contributed by atoms with Crippen molar-refractivity contribution in [3.63, 3.8) is 0 Å².